The van der Waals surface area contributed by atoms with Crippen LogP contribution in [0.4, 0.5) is 5.69 Å². The summed E-state index contributed by atoms with van der Waals surface area (Å²) in [6.45, 7) is 0. The zero-order chi connectivity index (χ0) is 16.8. The number of benzene rings is 2. The van der Waals surface area contributed by atoms with Crippen molar-refractivity contribution in [3.63, 3.8) is 0 Å². The molecule has 0 heterocycles. The largest absolute Gasteiger partial charge is 0.465 e. The smallest absolute Gasteiger partial charge is 0.337 e. The van der Waals surface area contributed by atoms with Gasteiger partial charge in [-0.25, -0.2) is 4.79 Å². The van der Waals surface area contributed by atoms with E-state index in [-0.39, 0.29) is 11.0 Å². The molecule has 0 bridgehead atoms. The van der Waals surface area contributed by atoms with Gasteiger partial charge in [0.25, 0.3) is 5.91 Å². The fourth-order valence-corrected chi connectivity index (χ4v) is 2.35. The molecule has 0 radical (unpaired) electrons. The number of anilines is 1. The van der Waals surface area contributed by atoms with Gasteiger partial charge < -0.3 is 10.1 Å². The van der Waals surface area contributed by atoms with Gasteiger partial charge in [-0.1, -0.05) is 12.1 Å². The average molecular weight is 393 g/mol. The van der Waals surface area contributed by atoms with Gasteiger partial charge in [0.05, 0.1) is 18.4 Å². The lowest BCUT2D eigenvalue weighted by atomic mass is 10.1. The summed E-state index contributed by atoms with van der Waals surface area (Å²) in [4.78, 5) is 23.5. The summed E-state index contributed by atoms with van der Waals surface area (Å²) in [5.41, 5.74) is 1.51. The standard InChI is InChI=1S/C16H13BrN2O3S/c1-22-15(21)11-8-6-10(7-9-11)14(20)19-16(23)18-13-5-3-2-4-12(13)17/h2-9H,1H3,(H2,18,19,20,23). The Bertz CT molecular complexity index is 747. The quantitative estimate of drug-likeness (QED) is 0.619. The summed E-state index contributed by atoms with van der Waals surface area (Å²) < 4.78 is 5.44. The Morgan fingerprint density at radius 1 is 1.04 bits per heavy atom. The number of amides is 1. The summed E-state index contributed by atoms with van der Waals surface area (Å²) in [7, 11) is 1.30. The maximum Gasteiger partial charge on any atom is 0.337 e. The SMILES string of the molecule is COC(=O)c1ccc(C(=O)NC(=S)Nc2ccccc2Br)cc1. The molecule has 0 spiro atoms. The van der Waals surface area contributed by atoms with Crippen LogP contribution in [0.1, 0.15) is 20.7 Å². The second kappa shape index (κ2) is 7.85. The molecule has 2 N–H and O–H groups in total. The molecule has 0 saturated heterocycles. The van der Waals surface area contributed by atoms with E-state index in [4.69, 9.17) is 12.2 Å². The highest BCUT2D eigenvalue weighted by Gasteiger charge is 2.11. The van der Waals surface area contributed by atoms with E-state index in [2.05, 4.69) is 31.3 Å². The van der Waals surface area contributed by atoms with E-state index >= 15 is 0 Å². The Morgan fingerprint density at radius 2 is 1.65 bits per heavy atom. The molecule has 2 aromatic carbocycles. The highest BCUT2D eigenvalue weighted by Crippen LogP contribution is 2.20. The van der Waals surface area contributed by atoms with Crippen LogP contribution in [-0.4, -0.2) is 24.1 Å². The maximum absolute atomic E-state index is 12.1. The number of nitrogens with one attached hydrogen (secondary N) is 2. The Hall–Kier alpha value is -2.25. The van der Waals surface area contributed by atoms with Gasteiger partial charge in [0, 0.05) is 10.0 Å². The number of carbonyl (C=O) groups is 2. The minimum atomic E-state index is -0.455. The lowest BCUT2D eigenvalue weighted by molar-refractivity contribution is 0.0600. The highest BCUT2D eigenvalue weighted by molar-refractivity contribution is 9.10. The first-order valence-corrected chi connectivity index (χ1v) is 7.76. The van der Waals surface area contributed by atoms with E-state index < -0.39 is 5.97 Å². The van der Waals surface area contributed by atoms with Crippen LogP contribution in [0.5, 0.6) is 0 Å². The molecule has 1 amide bonds. The molecule has 0 fully saturated rings. The van der Waals surface area contributed by atoms with Gasteiger partial charge in [-0.3, -0.25) is 10.1 Å². The lowest BCUT2D eigenvalue weighted by Gasteiger charge is -2.11. The van der Waals surface area contributed by atoms with Gasteiger partial charge >= 0.3 is 5.97 Å². The Balaban J connectivity index is 2.00. The van der Waals surface area contributed by atoms with Crippen molar-refractivity contribution in [2.75, 3.05) is 12.4 Å². The molecule has 0 unspecified atom stereocenters. The van der Waals surface area contributed by atoms with Crippen LogP contribution in [-0.2, 0) is 4.74 Å². The topological polar surface area (TPSA) is 67.4 Å². The molecule has 0 aliphatic carbocycles. The van der Waals surface area contributed by atoms with E-state index in [0.29, 0.717) is 11.1 Å². The van der Waals surface area contributed by atoms with Crippen LogP contribution in [0.3, 0.4) is 0 Å². The van der Waals surface area contributed by atoms with Gasteiger partial charge in [0.2, 0.25) is 0 Å². The maximum atomic E-state index is 12.1. The van der Waals surface area contributed by atoms with Crippen molar-refractivity contribution < 1.29 is 14.3 Å². The summed E-state index contributed by atoms with van der Waals surface area (Å²) in [6, 6.07) is 13.5. The number of methoxy groups -OCH3 is 1. The molecule has 2 aromatic rings. The zero-order valence-corrected chi connectivity index (χ0v) is 14.5. The third-order valence-electron chi connectivity index (χ3n) is 2.92. The molecule has 0 aromatic heterocycles. The third kappa shape index (κ3) is 4.61. The second-order valence-corrected chi connectivity index (χ2v) is 5.72. The molecule has 23 heavy (non-hydrogen) atoms. The third-order valence-corrected chi connectivity index (χ3v) is 3.81. The molecular formula is C16H13BrN2O3S. The number of para-hydroxylation sites is 1. The monoisotopic (exact) mass is 392 g/mol. The average Bonchev–Trinajstić information content (AvgIpc) is 2.56. The van der Waals surface area contributed by atoms with Crippen molar-refractivity contribution >= 4 is 50.8 Å². The van der Waals surface area contributed by atoms with Crippen molar-refractivity contribution in [2.45, 2.75) is 0 Å². The van der Waals surface area contributed by atoms with Gasteiger partial charge in [-0.15, -0.1) is 0 Å². The first kappa shape index (κ1) is 17.1. The van der Waals surface area contributed by atoms with E-state index in [1.54, 1.807) is 0 Å². The molecule has 7 heteroatoms. The number of thiocarbonyl (C=S) groups is 1. The van der Waals surface area contributed by atoms with E-state index in [1.807, 2.05) is 24.3 Å². The highest BCUT2D eigenvalue weighted by atomic mass is 79.9. The Morgan fingerprint density at radius 3 is 2.26 bits per heavy atom. The minimum absolute atomic E-state index is 0.180. The lowest BCUT2D eigenvalue weighted by Crippen LogP contribution is -2.34. The normalized spacial score (nSPS) is 9.83. The van der Waals surface area contributed by atoms with E-state index in [1.165, 1.54) is 31.4 Å². The van der Waals surface area contributed by atoms with Crippen molar-refractivity contribution in [3.8, 4) is 0 Å². The molecule has 118 valence electrons. The minimum Gasteiger partial charge on any atom is -0.465 e. The van der Waals surface area contributed by atoms with Crippen molar-refractivity contribution in [1.82, 2.24) is 5.32 Å². The first-order valence-electron chi connectivity index (χ1n) is 6.56. The number of rotatable bonds is 3. The van der Waals surface area contributed by atoms with E-state index in [0.717, 1.165) is 10.2 Å². The van der Waals surface area contributed by atoms with Crippen LogP contribution in [0.15, 0.2) is 53.0 Å². The Labute approximate surface area is 147 Å². The van der Waals surface area contributed by atoms with Gasteiger partial charge in [-0.2, -0.15) is 0 Å². The van der Waals surface area contributed by atoms with Crippen LogP contribution >= 0.6 is 28.1 Å². The van der Waals surface area contributed by atoms with E-state index in [9.17, 15) is 9.59 Å². The fraction of sp³-hybridized carbons (Fsp3) is 0.0625. The number of carbonyl (C=O) groups excluding carboxylic acids is 2. The summed E-state index contributed by atoms with van der Waals surface area (Å²) in [6.07, 6.45) is 0. The van der Waals surface area contributed by atoms with Crippen molar-refractivity contribution in [2.24, 2.45) is 0 Å². The summed E-state index contributed by atoms with van der Waals surface area (Å²) in [5, 5.41) is 5.69. The van der Waals surface area contributed by atoms with Crippen LogP contribution in [0.25, 0.3) is 0 Å². The molecule has 0 aliphatic rings. The molecule has 0 atom stereocenters. The van der Waals surface area contributed by atoms with Crippen molar-refractivity contribution in [1.29, 1.82) is 0 Å². The molecule has 5 nitrogen and oxygen atoms in total. The predicted molar refractivity (Wildman–Crippen MR) is 95.6 cm³/mol. The molecular weight excluding hydrogens is 380 g/mol. The first-order chi connectivity index (χ1) is 11.0. The van der Waals surface area contributed by atoms with Crippen LogP contribution < -0.4 is 10.6 Å². The second-order valence-electron chi connectivity index (χ2n) is 4.46. The number of ether oxygens (including phenoxy) is 1. The van der Waals surface area contributed by atoms with Crippen LogP contribution in [0.2, 0.25) is 0 Å². The van der Waals surface area contributed by atoms with Gasteiger partial charge in [0.1, 0.15) is 0 Å². The molecule has 2 rings (SSSR count). The number of hydrogen-bond acceptors (Lipinski definition) is 4. The predicted octanol–water partition coefficient (Wildman–Crippen LogP) is 3.36. The molecule has 0 saturated carbocycles. The van der Waals surface area contributed by atoms with Crippen LogP contribution in [0, 0.1) is 0 Å². The number of esters is 1. The van der Waals surface area contributed by atoms with Gasteiger partial charge in [-0.05, 0) is 64.5 Å². The van der Waals surface area contributed by atoms with Gasteiger partial charge in [0.15, 0.2) is 5.11 Å². The number of halogens is 1. The summed E-state index contributed by atoms with van der Waals surface area (Å²) >= 11 is 8.51. The summed E-state index contributed by atoms with van der Waals surface area (Å²) in [5.74, 6) is -0.825. The zero-order valence-electron chi connectivity index (χ0n) is 12.1. The number of hydrogen-bond donors (Lipinski definition) is 2. The molecule has 0 aliphatic heterocycles. The Kier molecular flexibility index (Phi) is 5.84. The fourth-order valence-electron chi connectivity index (χ4n) is 1.77. The van der Waals surface area contributed by atoms with Crippen molar-refractivity contribution in [3.05, 3.63) is 64.1 Å².